The van der Waals surface area contributed by atoms with Crippen LogP contribution in [0.15, 0.2) is 41.3 Å². The van der Waals surface area contributed by atoms with Gasteiger partial charge < -0.3 is 10.3 Å². The van der Waals surface area contributed by atoms with E-state index in [0.717, 1.165) is 16.6 Å². The number of amides is 1. The number of hydrogen-bond donors (Lipinski definition) is 3. The van der Waals surface area contributed by atoms with Crippen molar-refractivity contribution in [2.24, 2.45) is 0 Å². The van der Waals surface area contributed by atoms with Gasteiger partial charge in [-0.1, -0.05) is 39.0 Å². The van der Waals surface area contributed by atoms with E-state index in [1.807, 2.05) is 51.1 Å². The minimum Gasteiger partial charge on any atom is -0.360 e. The number of rotatable bonds is 3. The summed E-state index contributed by atoms with van der Waals surface area (Å²) in [5, 5.41) is 8.38. The van der Waals surface area contributed by atoms with Crippen LogP contribution in [0.2, 0.25) is 0 Å². The lowest BCUT2D eigenvalue weighted by atomic mass is 9.92. The van der Waals surface area contributed by atoms with Gasteiger partial charge in [0.15, 0.2) is 0 Å². The Bertz CT molecular complexity index is 1320. The highest BCUT2D eigenvalue weighted by molar-refractivity contribution is 6.12. The lowest BCUT2D eigenvalue weighted by molar-refractivity contribution is 0.102. The number of aromatic nitrogens is 5. The average molecular weight is 404 g/mol. The molecular weight excluding hydrogens is 380 g/mol. The Morgan fingerprint density at radius 3 is 2.60 bits per heavy atom. The Morgan fingerprint density at radius 2 is 1.90 bits per heavy atom. The van der Waals surface area contributed by atoms with Crippen molar-refractivity contribution in [2.75, 3.05) is 5.32 Å². The summed E-state index contributed by atoms with van der Waals surface area (Å²) in [6, 6.07) is 9.41. The summed E-state index contributed by atoms with van der Waals surface area (Å²) >= 11 is 0. The first-order valence-electron chi connectivity index (χ1n) is 9.71. The molecule has 3 N–H and O–H groups in total. The van der Waals surface area contributed by atoms with Crippen LogP contribution in [-0.4, -0.2) is 30.6 Å². The molecule has 0 aliphatic carbocycles. The molecule has 30 heavy (non-hydrogen) atoms. The number of aryl methyl sites for hydroxylation is 1. The molecule has 0 bridgehead atoms. The molecule has 4 rings (SSSR count). The zero-order chi connectivity index (χ0) is 21.6. The van der Waals surface area contributed by atoms with Crippen LogP contribution in [0, 0.1) is 13.8 Å². The summed E-state index contributed by atoms with van der Waals surface area (Å²) in [5.74, 6) is 0.412. The molecule has 0 aliphatic rings. The van der Waals surface area contributed by atoms with Crippen molar-refractivity contribution >= 4 is 22.6 Å². The number of hydrogen-bond acceptors (Lipinski definition) is 4. The number of H-pyrrole nitrogens is 2. The minimum absolute atomic E-state index is 0.237. The van der Waals surface area contributed by atoms with Gasteiger partial charge in [-0.15, -0.1) is 0 Å². The SMILES string of the molecule is Cc1nc(-n2nc(C(C)(C)C)cc2NC(=O)c2c[nH]c3ccccc23)[nH]c(=O)c1C. The Balaban J connectivity index is 1.80. The molecular formula is C22H24N6O2. The number of benzene rings is 1. The molecule has 0 saturated carbocycles. The quantitative estimate of drug-likeness (QED) is 0.485. The minimum atomic E-state index is -0.278. The predicted octanol–water partition coefficient (Wildman–Crippen LogP) is 3.60. The van der Waals surface area contributed by atoms with Crippen LogP contribution in [0.3, 0.4) is 0 Å². The Hall–Kier alpha value is -3.68. The van der Waals surface area contributed by atoms with Crippen molar-refractivity contribution in [1.29, 1.82) is 0 Å². The Labute approximate surface area is 173 Å². The van der Waals surface area contributed by atoms with Gasteiger partial charge in [0.1, 0.15) is 5.82 Å². The second kappa shape index (κ2) is 6.98. The van der Waals surface area contributed by atoms with Crippen LogP contribution in [0.4, 0.5) is 5.82 Å². The van der Waals surface area contributed by atoms with E-state index in [2.05, 4.69) is 25.4 Å². The van der Waals surface area contributed by atoms with E-state index in [-0.39, 0.29) is 22.8 Å². The summed E-state index contributed by atoms with van der Waals surface area (Å²) in [6.45, 7) is 9.57. The zero-order valence-electron chi connectivity index (χ0n) is 17.6. The van der Waals surface area contributed by atoms with Crippen LogP contribution >= 0.6 is 0 Å². The average Bonchev–Trinajstić information content (AvgIpc) is 3.30. The second-order valence-electron chi connectivity index (χ2n) is 8.38. The highest BCUT2D eigenvalue weighted by Gasteiger charge is 2.23. The largest absolute Gasteiger partial charge is 0.360 e. The summed E-state index contributed by atoms with van der Waals surface area (Å²) in [7, 11) is 0. The summed E-state index contributed by atoms with van der Waals surface area (Å²) in [5.41, 5.74) is 2.83. The number of fused-ring (bicyclic) bond motifs is 1. The van der Waals surface area contributed by atoms with Gasteiger partial charge in [-0.25, -0.2) is 4.98 Å². The lowest BCUT2D eigenvalue weighted by Gasteiger charge is -2.14. The number of carbonyl (C=O) groups excluding carboxylic acids is 1. The van der Waals surface area contributed by atoms with Gasteiger partial charge in [0.25, 0.3) is 11.5 Å². The van der Waals surface area contributed by atoms with Gasteiger partial charge in [-0.2, -0.15) is 9.78 Å². The second-order valence-corrected chi connectivity index (χ2v) is 8.38. The number of nitrogens with zero attached hydrogens (tertiary/aromatic N) is 3. The van der Waals surface area contributed by atoms with Gasteiger partial charge in [-0.05, 0) is 19.9 Å². The fourth-order valence-electron chi connectivity index (χ4n) is 3.17. The Kier molecular flexibility index (Phi) is 4.57. The highest BCUT2D eigenvalue weighted by atomic mass is 16.2. The molecule has 1 amide bonds. The third-order valence-electron chi connectivity index (χ3n) is 5.14. The molecule has 8 heteroatoms. The van der Waals surface area contributed by atoms with E-state index in [1.165, 1.54) is 4.68 Å². The van der Waals surface area contributed by atoms with Crippen LogP contribution in [0.5, 0.6) is 0 Å². The normalized spacial score (nSPS) is 11.8. The standard InChI is InChI=1S/C22H24N6O2/c1-12-13(2)24-21(26-19(12)29)28-18(10-17(27-28)22(3,4)5)25-20(30)15-11-23-16-9-7-6-8-14(15)16/h6-11,23H,1-5H3,(H,25,30)(H,24,26,29). The molecule has 4 aromatic rings. The summed E-state index contributed by atoms with van der Waals surface area (Å²) < 4.78 is 1.47. The van der Waals surface area contributed by atoms with Crippen molar-refractivity contribution in [3.05, 3.63) is 69.4 Å². The lowest BCUT2D eigenvalue weighted by Crippen LogP contribution is -2.21. The molecule has 0 atom stereocenters. The molecule has 3 heterocycles. The predicted molar refractivity (Wildman–Crippen MR) is 116 cm³/mol. The van der Waals surface area contributed by atoms with E-state index in [9.17, 15) is 9.59 Å². The molecule has 0 spiro atoms. The smallest absolute Gasteiger partial charge is 0.258 e. The number of anilines is 1. The maximum atomic E-state index is 13.1. The molecule has 0 fully saturated rings. The maximum absolute atomic E-state index is 13.1. The van der Waals surface area contributed by atoms with E-state index in [1.54, 1.807) is 20.0 Å². The molecule has 0 saturated heterocycles. The van der Waals surface area contributed by atoms with Crippen LogP contribution < -0.4 is 10.9 Å². The zero-order valence-corrected chi connectivity index (χ0v) is 17.6. The van der Waals surface area contributed by atoms with Gasteiger partial charge in [0, 0.05) is 39.8 Å². The summed E-state index contributed by atoms with van der Waals surface area (Å²) in [4.78, 5) is 35.7. The van der Waals surface area contributed by atoms with Crippen molar-refractivity contribution in [2.45, 2.75) is 40.0 Å². The van der Waals surface area contributed by atoms with Crippen LogP contribution in [-0.2, 0) is 5.41 Å². The fraction of sp³-hybridized carbons (Fsp3) is 0.273. The number of nitrogens with one attached hydrogen (secondary N) is 3. The third kappa shape index (κ3) is 3.41. The van der Waals surface area contributed by atoms with Gasteiger partial charge in [-0.3, -0.25) is 14.6 Å². The topological polar surface area (TPSA) is 108 Å². The van der Waals surface area contributed by atoms with Crippen molar-refractivity contribution in [3.8, 4) is 5.95 Å². The van der Waals surface area contributed by atoms with Crippen LogP contribution in [0.1, 0.15) is 48.1 Å². The van der Waals surface area contributed by atoms with E-state index >= 15 is 0 Å². The maximum Gasteiger partial charge on any atom is 0.258 e. The summed E-state index contributed by atoms with van der Waals surface area (Å²) in [6.07, 6.45) is 1.68. The number of para-hydroxylation sites is 1. The molecule has 0 aliphatic heterocycles. The first kappa shape index (κ1) is 19.6. The number of carbonyl (C=O) groups is 1. The molecule has 8 nitrogen and oxygen atoms in total. The van der Waals surface area contributed by atoms with Crippen molar-refractivity contribution in [3.63, 3.8) is 0 Å². The molecule has 3 aromatic heterocycles. The van der Waals surface area contributed by atoms with E-state index in [4.69, 9.17) is 0 Å². The third-order valence-corrected chi connectivity index (χ3v) is 5.14. The van der Waals surface area contributed by atoms with Gasteiger partial charge in [0.05, 0.1) is 11.3 Å². The first-order valence-corrected chi connectivity index (χ1v) is 9.71. The first-order chi connectivity index (χ1) is 14.1. The van der Waals surface area contributed by atoms with Crippen molar-refractivity contribution in [1.82, 2.24) is 24.7 Å². The monoisotopic (exact) mass is 404 g/mol. The highest BCUT2D eigenvalue weighted by Crippen LogP contribution is 2.26. The van der Waals surface area contributed by atoms with Crippen molar-refractivity contribution < 1.29 is 4.79 Å². The molecule has 0 radical (unpaired) electrons. The van der Waals surface area contributed by atoms with E-state index < -0.39 is 0 Å². The molecule has 0 unspecified atom stereocenters. The molecule has 154 valence electrons. The fourth-order valence-corrected chi connectivity index (χ4v) is 3.17. The van der Waals surface area contributed by atoms with Gasteiger partial charge in [0.2, 0.25) is 5.95 Å². The van der Waals surface area contributed by atoms with E-state index in [0.29, 0.717) is 22.6 Å². The molecule has 1 aromatic carbocycles. The van der Waals surface area contributed by atoms with Crippen LogP contribution in [0.25, 0.3) is 16.9 Å². The number of aromatic amines is 2. The Morgan fingerprint density at radius 1 is 1.17 bits per heavy atom. The van der Waals surface area contributed by atoms with Gasteiger partial charge >= 0.3 is 0 Å².